The number of rotatable bonds is 7. The molecule has 0 bridgehead atoms. The average Bonchev–Trinajstić information content (AvgIpc) is 2.67. The minimum atomic E-state index is -1.36. The van der Waals surface area contributed by atoms with Crippen molar-refractivity contribution in [1.82, 2.24) is 9.97 Å². The van der Waals surface area contributed by atoms with Gasteiger partial charge in [0.1, 0.15) is 17.4 Å². The fourth-order valence-electron chi connectivity index (χ4n) is 2.80. The lowest BCUT2D eigenvalue weighted by molar-refractivity contribution is -0.858. The van der Waals surface area contributed by atoms with E-state index in [9.17, 15) is 9.90 Å². The number of carboxylic acids is 1. The molecule has 0 saturated heterocycles. The third-order valence-electron chi connectivity index (χ3n) is 4.26. The number of carbonyl (C=O) groups is 1. The van der Waals surface area contributed by atoms with Crippen LogP contribution in [0.5, 0.6) is 5.75 Å². The van der Waals surface area contributed by atoms with E-state index in [1.54, 1.807) is 0 Å². The van der Waals surface area contributed by atoms with E-state index in [0.29, 0.717) is 11.5 Å². The van der Waals surface area contributed by atoms with Crippen LogP contribution in [-0.4, -0.2) is 43.7 Å². The molecule has 3 rings (SSSR count). The van der Waals surface area contributed by atoms with Gasteiger partial charge in [-0.25, -0.2) is 9.97 Å². The number of hydrogen-bond acceptors (Lipinski definition) is 6. The highest BCUT2D eigenvalue weighted by molar-refractivity contribution is 6.33. The molecule has 0 fully saturated rings. The van der Waals surface area contributed by atoms with Crippen LogP contribution in [0.15, 0.2) is 36.4 Å². The van der Waals surface area contributed by atoms with Crippen molar-refractivity contribution in [3.8, 4) is 5.75 Å². The first-order valence-electron chi connectivity index (χ1n) is 8.79. The van der Waals surface area contributed by atoms with Crippen LogP contribution in [0.25, 0.3) is 10.9 Å². The largest absolute Gasteiger partial charge is 0.545 e. The smallest absolute Gasteiger partial charge is 0.142 e. The first-order chi connectivity index (χ1) is 13.4. The van der Waals surface area contributed by atoms with Gasteiger partial charge in [-0.15, -0.1) is 0 Å². The SMILES string of the molecule is COc1cc(Nc2nc(CC[NH+](C)C)nc3ccccc23)c(Cl)cc1C(=O)[O-]. The van der Waals surface area contributed by atoms with Gasteiger partial charge >= 0.3 is 0 Å². The van der Waals surface area contributed by atoms with Crippen molar-refractivity contribution in [2.45, 2.75) is 6.42 Å². The highest BCUT2D eigenvalue weighted by Crippen LogP contribution is 2.34. The van der Waals surface area contributed by atoms with Crippen LogP contribution in [0.4, 0.5) is 11.5 Å². The van der Waals surface area contributed by atoms with Crippen molar-refractivity contribution in [1.29, 1.82) is 0 Å². The summed E-state index contributed by atoms with van der Waals surface area (Å²) in [5, 5.41) is 15.5. The Hall–Kier alpha value is -2.90. The maximum absolute atomic E-state index is 11.3. The van der Waals surface area contributed by atoms with E-state index in [4.69, 9.17) is 16.3 Å². The summed E-state index contributed by atoms with van der Waals surface area (Å²) in [5.41, 5.74) is 1.19. The number of benzene rings is 2. The standard InChI is InChI=1S/C20H21ClN4O3/c1-25(2)9-8-18-22-15-7-5-4-6-12(15)19(24-18)23-16-11-17(28-3)13(20(26)27)10-14(16)21/h4-7,10-11H,8-9H2,1-3H3,(H,26,27)(H,22,23,24). The molecular weight excluding hydrogens is 380 g/mol. The lowest BCUT2D eigenvalue weighted by atomic mass is 10.1. The zero-order valence-electron chi connectivity index (χ0n) is 15.9. The Morgan fingerprint density at radius 3 is 2.68 bits per heavy atom. The van der Waals surface area contributed by atoms with E-state index < -0.39 is 5.97 Å². The van der Waals surface area contributed by atoms with Gasteiger partial charge in [-0.3, -0.25) is 0 Å². The second-order valence-corrected chi connectivity index (χ2v) is 7.06. The molecule has 0 atom stereocenters. The summed E-state index contributed by atoms with van der Waals surface area (Å²) in [6.07, 6.45) is 0.725. The molecule has 1 aromatic heterocycles. The Bertz CT molecular complexity index is 1020. The minimum absolute atomic E-state index is 0.111. The predicted octanol–water partition coefficient (Wildman–Crippen LogP) is 1.09. The number of carbonyl (C=O) groups excluding carboxylic acids is 1. The summed E-state index contributed by atoms with van der Waals surface area (Å²) in [5.74, 6) is 0.115. The fourth-order valence-corrected chi connectivity index (χ4v) is 3.01. The molecule has 146 valence electrons. The summed E-state index contributed by atoms with van der Waals surface area (Å²) in [7, 11) is 5.54. The second kappa shape index (κ2) is 8.41. The third kappa shape index (κ3) is 4.32. The van der Waals surface area contributed by atoms with Gasteiger partial charge in [0.2, 0.25) is 0 Å². The van der Waals surface area contributed by atoms with E-state index in [0.717, 1.165) is 29.7 Å². The van der Waals surface area contributed by atoms with Crippen molar-refractivity contribution < 1.29 is 19.5 Å². The van der Waals surface area contributed by atoms with Gasteiger partial charge in [0.25, 0.3) is 0 Å². The Morgan fingerprint density at radius 2 is 2.00 bits per heavy atom. The second-order valence-electron chi connectivity index (χ2n) is 6.66. The topological polar surface area (TPSA) is 91.6 Å². The summed E-state index contributed by atoms with van der Waals surface area (Å²) in [6.45, 7) is 0.896. The Kier molecular flexibility index (Phi) is 5.96. The number of halogens is 1. The first-order valence-corrected chi connectivity index (χ1v) is 9.17. The molecule has 0 aliphatic heterocycles. The lowest BCUT2D eigenvalue weighted by Gasteiger charge is -2.16. The monoisotopic (exact) mass is 400 g/mol. The van der Waals surface area contributed by atoms with Crippen LogP contribution < -0.4 is 20.1 Å². The van der Waals surface area contributed by atoms with Crippen molar-refractivity contribution in [2.75, 3.05) is 33.1 Å². The summed E-state index contributed by atoms with van der Waals surface area (Å²) >= 11 is 6.29. The van der Waals surface area contributed by atoms with E-state index in [1.807, 2.05) is 24.3 Å². The van der Waals surface area contributed by atoms with Crippen molar-refractivity contribution in [3.63, 3.8) is 0 Å². The highest BCUT2D eigenvalue weighted by Gasteiger charge is 2.14. The van der Waals surface area contributed by atoms with Gasteiger partial charge in [0, 0.05) is 17.0 Å². The van der Waals surface area contributed by atoms with Crippen molar-refractivity contribution >= 4 is 40.0 Å². The molecule has 2 aromatic carbocycles. The Balaban J connectivity index is 2.05. The van der Waals surface area contributed by atoms with E-state index in [-0.39, 0.29) is 16.3 Å². The molecule has 2 N–H and O–H groups in total. The molecule has 0 aliphatic rings. The number of para-hydroxylation sites is 1. The van der Waals surface area contributed by atoms with Gasteiger partial charge in [0.05, 0.1) is 56.4 Å². The van der Waals surface area contributed by atoms with Crippen molar-refractivity contribution in [2.24, 2.45) is 0 Å². The van der Waals surface area contributed by atoms with Crippen LogP contribution >= 0.6 is 11.6 Å². The van der Waals surface area contributed by atoms with Crippen LogP contribution in [-0.2, 0) is 6.42 Å². The first kappa shape index (κ1) is 19.9. The molecule has 7 nitrogen and oxygen atoms in total. The fraction of sp³-hybridized carbons (Fsp3) is 0.250. The molecule has 0 amide bonds. The number of aromatic nitrogens is 2. The van der Waals surface area contributed by atoms with Crippen molar-refractivity contribution in [3.05, 3.63) is 52.8 Å². The normalized spacial score (nSPS) is 11.0. The number of quaternary nitrogens is 1. The lowest BCUT2D eigenvalue weighted by Crippen LogP contribution is -3.06. The molecule has 28 heavy (non-hydrogen) atoms. The molecule has 8 heteroatoms. The number of nitrogens with zero attached hydrogens (tertiary/aromatic N) is 2. The molecule has 3 aromatic rings. The summed E-state index contributed by atoms with van der Waals surface area (Å²) < 4.78 is 5.16. The summed E-state index contributed by atoms with van der Waals surface area (Å²) in [6, 6.07) is 10.5. The van der Waals surface area contributed by atoms with Gasteiger partial charge in [-0.1, -0.05) is 23.7 Å². The molecule has 0 radical (unpaired) electrons. The number of carboxylic acid groups (broad SMARTS) is 1. The molecule has 0 unspecified atom stereocenters. The Labute approximate surface area is 167 Å². The maximum Gasteiger partial charge on any atom is 0.142 e. The van der Waals surface area contributed by atoms with E-state index >= 15 is 0 Å². The molecule has 0 aliphatic carbocycles. The minimum Gasteiger partial charge on any atom is -0.545 e. The van der Waals surface area contributed by atoms with E-state index in [1.165, 1.54) is 24.1 Å². The number of anilines is 2. The number of methoxy groups -OCH3 is 1. The van der Waals surface area contributed by atoms with Gasteiger partial charge < -0.3 is 24.9 Å². The summed E-state index contributed by atoms with van der Waals surface area (Å²) in [4.78, 5) is 21.9. The highest BCUT2D eigenvalue weighted by atomic mass is 35.5. The predicted molar refractivity (Wildman–Crippen MR) is 107 cm³/mol. The molecule has 0 saturated carbocycles. The number of hydrogen-bond donors (Lipinski definition) is 2. The van der Waals surface area contributed by atoms with Gasteiger partial charge in [-0.05, 0) is 18.2 Å². The zero-order valence-corrected chi connectivity index (χ0v) is 16.6. The zero-order chi connectivity index (χ0) is 20.3. The Morgan fingerprint density at radius 1 is 1.25 bits per heavy atom. The van der Waals surface area contributed by atoms with Crippen LogP contribution in [0, 0.1) is 0 Å². The van der Waals surface area contributed by atoms with Crippen LogP contribution in [0.1, 0.15) is 16.2 Å². The molecule has 0 spiro atoms. The third-order valence-corrected chi connectivity index (χ3v) is 4.57. The number of aromatic carboxylic acids is 1. The average molecular weight is 401 g/mol. The quantitative estimate of drug-likeness (QED) is 0.616. The maximum atomic E-state index is 11.3. The van der Waals surface area contributed by atoms with Crippen LogP contribution in [0.2, 0.25) is 5.02 Å². The molecular formula is C20H21ClN4O3. The van der Waals surface area contributed by atoms with Gasteiger partial charge in [0.15, 0.2) is 0 Å². The number of fused-ring (bicyclic) bond motifs is 1. The van der Waals surface area contributed by atoms with E-state index in [2.05, 4.69) is 29.4 Å². The number of ether oxygens (including phenoxy) is 1. The van der Waals surface area contributed by atoms with Crippen LogP contribution in [0.3, 0.4) is 0 Å². The van der Waals surface area contributed by atoms with Gasteiger partial charge in [-0.2, -0.15) is 0 Å². The number of nitrogens with one attached hydrogen (secondary N) is 2. The number of likely N-dealkylation sites (N-methyl/N-ethyl adjacent to an activating group) is 1. The molecule has 1 heterocycles.